The van der Waals surface area contributed by atoms with E-state index in [1.165, 1.54) is 34.3 Å². The number of fused-ring (bicyclic) bond motifs is 3. The first kappa shape index (κ1) is 22.3. The summed E-state index contributed by atoms with van der Waals surface area (Å²) in [5, 5.41) is 15.5. The molecule has 6 nitrogen and oxygen atoms in total. The molecule has 0 atom stereocenters. The van der Waals surface area contributed by atoms with Crippen molar-refractivity contribution in [3.8, 4) is 16.9 Å². The van der Waals surface area contributed by atoms with Crippen LogP contribution < -0.4 is 10.1 Å². The number of aliphatic hydroxyl groups excluding tert-OH is 1. The van der Waals surface area contributed by atoms with E-state index in [-0.39, 0.29) is 6.61 Å². The van der Waals surface area contributed by atoms with Crippen molar-refractivity contribution in [2.45, 2.75) is 36.3 Å². The van der Waals surface area contributed by atoms with Gasteiger partial charge < -0.3 is 25.0 Å². The van der Waals surface area contributed by atoms with Crippen LogP contribution in [0.15, 0.2) is 65.5 Å². The second-order valence-electron chi connectivity index (χ2n) is 9.40. The molecule has 0 bridgehead atoms. The minimum absolute atomic E-state index is 0.0490. The summed E-state index contributed by atoms with van der Waals surface area (Å²) in [6.07, 6.45) is 7.42. The maximum Gasteiger partial charge on any atom is 0.143 e. The van der Waals surface area contributed by atoms with E-state index >= 15 is 0 Å². The first-order valence-corrected chi connectivity index (χ1v) is 13.2. The molecule has 1 aliphatic heterocycles. The molecule has 0 unspecified atom stereocenters. The highest BCUT2D eigenvalue weighted by molar-refractivity contribution is 8.00. The third-order valence-electron chi connectivity index (χ3n) is 6.54. The molecule has 180 valence electrons. The number of ether oxygens (including phenoxy) is 1. The molecule has 1 aliphatic carbocycles. The monoisotopic (exact) mass is 486 g/mol. The van der Waals surface area contributed by atoms with Crippen LogP contribution >= 0.6 is 11.8 Å². The van der Waals surface area contributed by atoms with Crippen LogP contribution in [-0.2, 0) is 0 Å². The van der Waals surface area contributed by atoms with Gasteiger partial charge in [-0.05, 0) is 73.2 Å². The van der Waals surface area contributed by atoms with Crippen LogP contribution in [0.3, 0.4) is 0 Å². The van der Waals surface area contributed by atoms with E-state index in [4.69, 9.17) is 4.74 Å². The quantitative estimate of drug-likeness (QED) is 0.275. The van der Waals surface area contributed by atoms with Crippen LogP contribution in [0, 0.1) is 6.92 Å². The van der Waals surface area contributed by atoms with Gasteiger partial charge >= 0.3 is 0 Å². The van der Waals surface area contributed by atoms with Gasteiger partial charge in [0.15, 0.2) is 0 Å². The lowest BCUT2D eigenvalue weighted by Gasteiger charge is -2.15. The Balaban J connectivity index is 1.30. The SMILES string of the molecule is Cc1cnc2[nH]c3c(OCCCN4C=C(CO)NC4)ccc(-c4cccc(SC5CC5)c4)c3c2c1. The molecule has 0 saturated heterocycles. The van der Waals surface area contributed by atoms with Gasteiger partial charge in [0, 0.05) is 39.9 Å². The third kappa shape index (κ3) is 4.70. The van der Waals surface area contributed by atoms with Gasteiger partial charge in [0.1, 0.15) is 11.4 Å². The van der Waals surface area contributed by atoms with Crippen molar-refractivity contribution in [2.24, 2.45) is 0 Å². The van der Waals surface area contributed by atoms with Gasteiger partial charge in [-0.15, -0.1) is 11.8 Å². The number of aromatic nitrogens is 2. The van der Waals surface area contributed by atoms with Crippen LogP contribution in [0.1, 0.15) is 24.8 Å². The standard InChI is InChI=1S/C28H30N4O2S/c1-18-12-24-26-23(19-4-2-5-22(13-19)35-21-6-7-21)8-9-25(27(26)31-28(24)29-14-18)34-11-3-10-32-15-20(16-33)30-17-32/h2,4-5,8-9,12-15,21,30,33H,3,6-7,10-11,16-17H2,1H3,(H,29,31). The first-order valence-electron chi connectivity index (χ1n) is 12.3. The molecule has 6 rings (SSSR count). The molecule has 2 aromatic carbocycles. The third-order valence-corrected chi connectivity index (χ3v) is 7.87. The molecule has 1 saturated carbocycles. The zero-order chi connectivity index (χ0) is 23.8. The molecule has 3 heterocycles. The van der Waals surface area contributed by atoms with Crippen LogP contribution in [0.2, 0.25) is 0 Å². The van der Waals surface area contributed by atoms with E-state index in [1.807, 2.05) is 24.2 Å². The molecule has 3 N–H and O–H groups in total. The largest absolute Gasteiger partial charge is 0.491 e. The summed E-state index contributed by atoms with van der Waals surface area (Å²) < 4.78 is 6.29. The van der Waals surface area contributed by atoms with E-state index in [0.29, 0.717) is 6.61 Å². The van der Waals surface area contributed by atoms with Crippen LogP contribution in [-0.4, -0.2) is 51.7 Å². The van der Waals surface area contributed by atoms with E-state index < -0.39 is 0 Å². The Hall–Kier alpha value is -3.16. The Kier molecular flexibility index (Phi) is 6.04. The number of nitrogens with one attached hydrogen (secondary N) is 2. The number of aryl methyl sites for hydroxylation is 1. The molecule has 2 aliphatic rings. The summed E-state index contributed by atoms with van der Waals surface area (Å²) in [6.45, 7) is 4.36. The van der Waals surface area contributed by atoms with Gasteiger partial charge in [-0.1, -0.05) is 12.1 Å². The summed E-state index contributed by atoms with van der Waals surface area (Å²) >= 11 is 1.99. The van der Waals surface area contributed by atoms with Crippen LogP contribution in [0.25, 0.3) is 33.1 Å². The number of aromatic amines is 1. The van der Waals surface area contributed by atoms with Crippen molar-refractivity contribution in [3.63, 3.8) is 0 Å². The van der Waals surface area contributed by atoms with Crippen LogP contribution in [0.5, 0.6) is 5.75 Å². The molecule has 4 aromatic rings. The Morgan fingerprint density at radius 3 is 2.94 bits per heavy atom. The Morgan fingerprint density at radius 2 is 2.11 bits per heavy atom. The minimum atomic E-state index is 0.0490. The van der Waals surface area contributed by atoms with Crippen molar-refractivity contribution in [3.05, 3.63) is 66.1 Å². The van der Waals surface area contributed by atoms with Crippen molar-refractivity contribution < 1.29 is 9.84 Å². The number of H-pyrrole nitrogens is 1. The minimum Gasteiger partial charge on any atom is -0.491 e. The molecular formula is C28H30N4O2S. The number of thioether (sulfide) groups is 1. The molecule has 35 heavy (non-hydrogen) atoms. The Bertz CT molecular complexity index is 1410. The summed E-state index contributed by atoms with van der Waals surface area (Å²) in [4.78, 5) is 11.7. The molecule has 7 heteroatoms. The molecule has 0 radical (unpaired) electrons. The number of nitrogens with zero attached hydrogens (tertiary/aromatic N) is 2. The number of rotatable bonds is 9. The fraction of sp³-hybridized carbons (Fsp3) is 0.321. The normalized spacial score (nSPS) is 15.6. The van der Waals surface area contributed by atoms with E-state index in [2.05, 4.69) is 69.6 Å². The van der Waals surface area contributed by atoms with Gasteiger partial charge in [-0.3, -0.25) is 0 Å². The second-order valence-corrected chi connectivity index (χ2v) is 10.8. The Morgan fingerprint density at radius 1 is 1.20 bits per heavy atom. The lowest BCUT2D eigenvalue weighted by Crippen LogP contribution is -2.23. The highest BCUT2D eigenvalue weighted by atomic mass is 32.2. The summed E-state index contributed by atoms with van der Waals surface area (Å²) in [5.41, 5.74) is 6.32. The van der Waals surface area contributed by atoms with Gasteiger partial charge in [0.05, 0.1) is 31.1 Å². The lowest BCUT2D eigenvalue weighted by molar-refractivity contribution is 0.281. The molecule has 1 fully saturated rings. The van der Waals surface area contributed by atoms with Crippen molar-refractivity contribution >= 4 is 33.7 Å². The average molecular weight is 487 g/mol. The van der Waals surface area contributed by atoms with Gasteiger partial charge in [-0.2, -0.15) is 0 Å². The van der Waals surface area contributed by atoms with Gasteiger partial charge in [-0.25, -0.2) is 4.98 Å². The smallest absolute Gasteiger partial charge is 0.143 e. The lowest BCUT2D eigenvalue weighted by atomic mass is 9.99. The number of hydrogen-bond acceptors (Lipinski definition) is 6. The van der Waals surface area contributed by atoms with Crippen molar-refractivity contribution in [1.29, 1.82) is 0 Å². The molecule has 2 aromatic heterocycles. The summed E-state index contributed by atoms with van der Waals surface area (Å²) in [7, 11) is 0. The fourth-order valence-corrected chi connectivity index (χ4v) is 5.76. The van der Waals surface area contributed by atoms with E-state index in [1.54, 1.807) is 0 Å². The summed E-state index contributed by atoms with van der Waals surface area (Å²) in [5.74, 6) is 0.856. The number of hydrogen-bond donors (Lipinski definition) is 3. The number of benzene rings is 2. The topological polar surface area (TPSA) is 73.4 Å². The molecular weight excluding hydrogens is 456 g/mol. The average Bonchev–Trinajstić information content (AvgIpc) is 3.42. The molecule has 0 amide bonds. The van der Waals surface area contributed by atoms with Crippen molar-refractivity contribution in [2.75, 3.05) is 26.4 Å². The van der Waals surface area contributed by atoms with E-state index in [0.717, 1.165) is 58.4 Å². The maximum atomic E-state index is 9.25. The Labute approximate surface area is 209 Å². The maximum absolute atomic E-state index is 9.25. The zero-order valence-corrected chi connectivity index (χ0v) is 20.7. The predicted octanol–water partition coefficient (Wildman–Crippen LogP) is 5.41. The highest BCUT2D eigenvalue weighted by Crippen LogP contribution is 2.42. The zero-order valence-electron chi connectivity index (χ0n) is 19.9. The van der Waals surface area contributed by atoms with Gasteiger partial charge in [0.2, 0.25) is 0 Å². The van der Waals surface area contributed by atoms with Crippen molar-refractivity contribution in [1.82, 2.24) is 20.2 Å². The number of pyridine rings is 1. The van der Waals surface area contributed by atoms with Crippen LogP contribution in [0.4, 0.5) is 0 Å². The number of aliphatic hydroxyl groups is 1. The molecule has 0 spiro atoms. The highest BCUT2D eigenvalue weighted by Gasteiger charge is 2.23. The first-order chi connectivity index (χ1) is 17.2. The second kappa shape index (κ2) is 9.47. The summed E-state index contributed by atoms with van der Waals surface area (Å²) in [6, 6.07) is 15.4. The fourth-order valence-electron chi connectivity index (χ4n) is 4.65. The predicted molar refractivity (Wildman–Crippen MR) is 143 cm³/mol. The van der Waals surface area contributed by atoms with Gasteiger partial charge in [0.25, 0.3) is 0 Å². The van der Waals surface area contributed by atoms with E-state index in [9.17, 15) is 5.11 Å².